The molecule has 0 spiro atoms. The second kappa shape index (κ2) is 6.06. The van der Waals surface area contributed by atoms with Gasteiger partial charge in [-0.25, -0.2) is 0 Å². The van der Waals surface area contributed by atoms with Crippen molar-refractivity contribution in [2.75, 3.05) is 17.6 Å². The highest BCUT2D eigenvalue weighted by Crippen LogP contribution is 2.15. The highest BCUT2D eigenvalue weighted by atomic mass is 79.9. The maximum atomic E-state index is 11.8. The van der Waals surface area contributed by atoms with Crippen molar-refractivity contribution < 1.29 is 9.59 Å². The van der Waals surface area contributed by atoms with Gasteiger partial charge >= 0.3 is 0 Å². The summed E-state index contributed by atoms with van der Waals surface area (Å²) in [6.07, 6.45) is 1.64. The number of hydrogen-bond donors (Lipinski definition) is 1. The molecule has 4 nitrogen and oxygen atoms in total. The highest BCUT2D eigenvalue weighted by Gasteiger charge is 2.17. The van der Waals surface area contributed by atoms with Crippen LogP contribution in [-0.4, -0.2) is 29.0 Å². The quantitative estimate of drug-likeness (QED) is 0.928. The Hall–Kier alpha value is -1.27. The second-order valence-electron chi connectivity index (χ2n) is 3.67. The molecule has 6 heteroatoms. The van der Waals surface area contributed by atoms with E-state index in [2.05, 4.69) is 21.2 Å². The van der Waals surface area contributed by atoms with E-state index in [-0.39, 0.29) is 18.4 Å². The lowest BCUT2D eigenvalue weighted by atomic mass is 10.3. The first-order valence-corrected chi connectivity index (χ1v) is 7.12. The number of carbonyl (C=O) groups is 2. The van der Waals surface area contributed by atoms with Crippen molar-refractivity contribution >= 4 is 45.2 Å². The van der Waals surface area contributed by atoms with Gasteiger partial charge in [0.15, 0.2) is 0 Å². The Labute approximate surface area is 118 Å². The summed E-state index contributed by atoms with van der Waals surface area (Å²) < 4.78 is 0.951. The van der Waals surface area contributed by atoms with Gasteiger partial charge in [0.1, 0.15) is 6.54 Å². The van der Waals surface area contributed by atoms with E-state index in [1.54, 1.807) is 18.3 Å². The Kier molecular flexibility index (Phi) is 4.43. The van der Waals surface area contributed by atoms with E-state index in [4.69, 9.17) is 0 Å². The fourth-order valence-electron chi connectivity index (χ4n) is 1.43. The van der Waals surface area contributed by atoms with Gasteiger partial charge in [-0.05, 0) is 29.7 Å². The molecule has 0 atom stereocenters. The Morgan fingerprint density at radius 1 is 1.39 bits per heavy atom. The van der Waals surface area contributed by atoms with Crippen molar-refractivity contribution in [1.82, 2.24) is 4.90 Å². The minimum Gasteiger partial charge on any atom is -0.325 e. The summed E-state index contributed by atoms with van der Waals surface area (Å²) in [6, 6.07) is 7.29. The zero-order valence-electron chi connectivity index (χ0n) is 9.43. The molecule has 0 saturated heterocycles. The van der Waals surface area contributed by atoms with E-state index in [0.29, 0.717) is 11.4 Å². The first kappa shape index (κ1) is 13.2. The molecule has 0 aliphatic carbocycles. The predicted octanol–water partition coefficient (Wildman–Crippen LogP) is 2.43. The summed E-state index contributed by atoms with van der Waals surface area (Å²) in [6.45, 7) is 0.0476. The van der Waals surface area contributed by atoms with Crippen LogP contribution in [0.4, 0.5) is 5.69 Å². The number of benzene rings is 1. The predicted molar refractivity (Wildman–Crippen MR) is 76.1 cm³/mol. The average Bonchev–Trinajstić information content (AvgIpc) is 2.35. The number of hydrogen-bond acceptors (Lipinski definition) is 3. The van der Waals surface area contributed by atoms with E-state index in [1.165, 1.54) is 16.7 Å². The van der Waals surface area contributed by atoms with Crippen LogP contribution in [0, 0.1) is 0 Å². The molecule has 1 aromatic rings. The van der Waals surface area contributed by atoms with Crippen LogP contribution in [0.1, 0.15) is 0 Å². The van der Waals surface area contributed by atoms with Crippen molar-refractivity contribution in [1.29, 1.82) is 0 Å². The SMILES string of the molecule is O=C(CN1C=CSCC1=O)Nc1ccc(Br)cc1. The van der Waals surface area contributed by atoms with E-state index in [0.717, 1.165) is 4.47 Å². The summed E-state index contributed by atoms with van der Waals surface area (Å²) in [5, 5.41) is 4.56. The van der Waals surface area contributed by atoms with E-state index >= 15 is 0 Å². The van der Waals surface area contributed by atoms with Crippen LogP contribution in [0.15, 0.2) is 40.3 Å². The summed E-state index contributed by atoms with van der Waals surface area (Å²) >= 11 is 4.75. The summed E-state index contributed by atoms with van der Waals surface area (Å²) in [5.41, 5.74) is 0.714. The monoisotopic (exact) mass is 326 g/mol. The summed E-state index contributed by atoms with van der Waals surface area (Å²) in [5.74, 6) is 0.137. The van der Waals surface area contributed by atoms with Gasteiger partial charge in [-0.2, -0.15) is 0 Å². The molecule has 2 rings (SSSR count). The maximum Gasteiger partial charge on any atom is 0.244 e. The van der Waals surface area contributed by atoms with Crippen LogP contribution in [0.25, 0.3) is 0 Å². The number of nitrogens with zero attached hydrogens (tertiary/aromatic N) is 1. The van der Waals surface area contributed by atoms with Crippen molar-refractivity contribution in [3.05, 3.63) is 40.3 Å². The van der Waals surface area contributed by atoms with Crippen molar-refractivity contribution in [3.8, 4) is 0 Å². The minimum atomic E-state index is -0.206. The molecule has 1 aliphatic heterocycles. The third-order valence-electron chi connectivity index (χ3n) is 2.31. The van der Waals surface area contributed by atoms with E-state index in [9.17, 15) is 9.59 Å². The summed E-state index contributed by atoms with van der Waals surface area (Å²) in [4.78, 5) is 24.7. The molecule has 2 amide bonds. The molecular weight excluding hydrogens is 316 g/mol. The van der Waals surface area contributed by atoms with Crippen LogP contribution < -0.4 is 5.32 Å². The Bertz CT molecular complexity index is 487. The average molecular weight is 327 g/mol. The van der Waals surface area contributed by atoms with E-state index in [1.807, 2.05) is 17.5 Å². The first-order valence-electron chi connectivity index (χ1n) is 5.28. The topological polar surface area (TPSA) is 49.4 Å². The van der Waals surface area contributed by atoms with Gasteiger partial charge in [-0.1, -0.05) is 15.9 Å². The van der Waals surface area contributed by atoms with Crippen molar-refractivity contribution in [2.24, 2.45) is 0 Å². The largest absolute Gasteiger partial charge is 0.325 e. The molecule has 0 bridgehead atoms. The Morgan fingerprint density at radius 2 is 2.11 bits per heavy atom. The van der Waals surface area contributed by atoms with Gasteiger partial charge in [0.2, 0.25) is 11.8 Å². The maximum absolute atomic E-state index is 11.8. The van der Waals surface area contributed by atoms with Crippen LogP contribution in [0.2, 0.25) is 0 Å². The number of carbonyl (C=O) groups excluding carboxylic acids is 2. The lowest BCUT2D eigenvalue weighted by Gasteiger charge is -2.20. The Morgan fingerprint density at radius 3 is 2.78 bits per heavy atom. The number of thioether (sulfide) groups is 1. The van der Waals surface area contributed by atoms with Gasteiger partial charge in [0, 0.05) is 16.4 Å². The zero-order chi connectivity index (χ0) is 13.0. The second-order valence-corrected chi connectivity index (χ2v) is 5.48. The van der Waals surface area contributed by atoms with Gasteiger partial charge in [0.25, 0.3) is 0 Å². The van der Waals surface area contributed by atoms with Crippen molar-refractivity contribution in [2.45, 2.75) is 0 Å². The lowest BCUT2D eigenvalue weighted by Crippen LogP contribution is -2.36. The molecule has 1 heterocycles. The van der Waals surface area contributed by atoms with Gasteiger partial charge in [0.05, 0.1) is 5.75 Å². The molecule has 0 unspecified atom stereocenters. The van der Waals surface area contributed by atoms with Gasteiger partial charge in [-0.15, -0.1) is 11.8 Å². The molecule has 0 saturated carbocycles. The molecule has 94 valence electrons. The fourth-order valence-corrected chi connectivity index (χ4v) is 2.33. The van der Waals surface area contributed by atoms with Crippen LogP contribution in [0.5, 0.6) is 0 Å². The highest BCUT2D eigenvalue weighted by molar-refractivity contribution is 9.10. The molecule has 18 heavy (non-hydrogen) atoms. The van der Waals surface area contributed by atoms with Gasteiger partial charge < -0.3 is 10.2 Å². The molecule has 0 aromatic heterocycles. The fraction of sp³-hybridized carbons (Fsp3) is 0.167. The molecule has 0 radical (unpaired) electrons. The summed E-state index contributed by atoms with van der Waals surface area (Å²) in [7, 11) is 0. The molecule has 1 aromatic carbocycles. The van der Waals surface area contributed by atoms with Crippen molar-refractivity contribution in [3.63, 3.8) is 0 Å². The van der Waals surface area contributed by atoms with E-state index < -0.39 is 0 Å². The normalized spacial score (nSPS) is 14.7. The lowest BCUT2D eigenvalue weighted by molar-refractivity contribution is -0.129. The number of nitrogens with one attached hydrogen (secondary N) is 1. The smallest absolute Gasteiger partial charge is 0.244 e. The molecular formula is C12H11BrN2O2S. The molecule has 1 aliphatic rings. The number of halogens is 1. The van der Waals surface area contributed by atoms with Crippen LogP contribution in [0.3, 0.4) is 0 Å². The first-order chi connectivity index (χ1) is 8.65. The third-order valence-corrected chi connectivity index (χ3v) is 3.56. The van der Waals surface area contributed by atoms with Crippen LogP contribution in [-0.2, 0) is 9.59 Å². The number of anilines is 1. The minimum absolute atomic E-state index is 0.0476. The zero-order valence-corrected chi connectivity index (χ0v) is 11.8. The third kappa shape index (κ3) is 3.61. The number of rotatable bonds is 3. The Balaban J connectivity index is 1.92. The molecule has 0 fully saturated rings. The standard InChI is InChI=1S/C12H11BrN2O2S/c13-9-1-3-10(4-2-9)14-11(16)7-15-5-6-18-8-12(15)17/h1-6H,7-8H2,(H,14,16). The number of amides is 2. The van der Waals surface area contributed by atoms with Gasteiger partial charge in [-0.3, -0.25) is 9.59 Å². The van der Waals surface area contributed by atoms with Crippen LogP contribution >= 0.6 is 27.7 Å². The molecule has 1 N–H and O–H groups in total.